The van der Waals surface area contributed by atoms with Crippen LogP contribution in [0.15, 0.2) is 12.1 Å². The van der Waals surface area contributed by atoms with E-state index in [2.05, 4.69) is 23.9 Å². The number of likely N-dealkylation sites (N-methyl/N-ethyl adjacent to an activating group) is 2. The molecule has 0 saturated carbocycles. The van der Waals surface area contributed by atoms with E-state index in [1.165, 1.54) is 0 Å². The van der Waals surface area contributed by atoms with Crippen molar-refractivity contribution >= 4 is 5.78 Å². The van der Waals surface area contributed by atoms with Crippen LogP contribution >= 0.6 is 0 Å². The van der Waals surface area contributed by atoms with E-state index < -0.39 is 0 Å². The second-order valence-corrected chi connectivity index (χ2v) is 6.11. The van der Waals surface area contributed by atoms with Crippen LogP contribution in [0.1, 0.15) is 27.9 Å². The van der Waals surface area contributed by atoms with E-state index in [0.29, 0.717) is 12.0 Å². The van der Waals surface area contributed by atoms with Crippen LogP contribution < -0.4 is 4.74 Å². The molecule has 0 radical (unpaired) electrons. The minimum atomic E-state index is 0.169. The highest BCUT2D eigenvalue weighted by Gasteiger charge is 2.26. The summed E-state index contributed by atoms with van der Waals surface area (Å²) in [6, 6.07) is 4.18. The Morgan fingerprint density at radius 3 is 2.67 bits per heavy atom. The van der Waals surface area contributed by atoms with E-state index in [0.717, 1.165) is 36.5 Å². The van der Waals surface area contributed by atoms with Crippen LogP contribution in [0.4, 0.5) is 0 Å². The maximum absolute atomic E-state index is 12.7. The Labute approximate surface area is 127 Å². The lowest BCUT2D eigenvalue weighted by atomic mass is 9.97. The van der Waals surface area contributed by atoms with Gasteiger partial charge in [-0.1, -0.05) is 6.07 Å². The summed E-state index contributed by atoms with van der Waals surface area (Å²) in [5.74, 6) is 0.897. The van der Waals surface area contributed by atoms with E-state index in [-0.39, 0.29) is 11.8 Å². The number of aryl methyl sites for hydroxylation is 1. The molecule has 1 aromatic carbocycles. The summed E-state index contributed by atoms with van der Waals surface area (Å²) in [6.45, 7) is 7.06. The number of Topliss-reactive ketones (excluding diaryl/α,β-unsaturated/α-hetero) is 1. The molecule has 116 valence electrons. The predicted molar refractivity (Wildman–Crippen MR) is 85.3 cm³/mol. The number of ether oxygens (including phenoxy) is 1. The van der Waals surface area contributed by atoms with Crippen molar-refractivity contribution in [2.24, 2.45) is 0 Å². The number of rotatable bonds is 4. The molecule has 1 unspecified atom stereocenters. The van der Waals surface area contributed by atoms with Gasteiger partial charge in [-0.15, -0.1) is 0 Å². The average molecular weight is 290 g/mol. The molecule has 0 amide bonds. The van der Waals surface area contributed by atoms with Crippen LogP contribution in [0.3, 0.4) is 0 Å². The highest BCUT2D eigenvalue weighted by molar-refractivity contribution is 5.99. The predicted octanol–water partition coefficient (Wildman–Crippen LogP) is 2.13. The number of carbonyl (C=O) groups is 1. The van der Waals surface area contributed by atoms with Gasteiger partial charge < -0.3 is 14.5 Å². The third-order valence-corrected chi connectivity index (χ3v) is 4.58. The third kappa shape index (κ3) is 3.44. The normalized spacial score (nSPS) is 20.5. The van der Waals surface area contributed by atoms with Crippen molar-refractivity contribution < 1.29 is 9.53 Å². The second-order valence-electron chi connectivity index (χ2n) is 6.11. The Hall–Kier alpha value is -1.39. The fraction of sp³-hybridized carbons (Fsp3) is 0.588. The van der Waals surface area contributed by atoms with Gasteiger partial charge in [0.25, 0.3) is 0 Å². The smallest absolute Gasteiger partial charge is 0.168 e. The van der Waals surface area contributed by atoms with Gasteiger partial charge >= 0.3 is 0 Å². The van der Waals surface area contributed by atoms with Gasteiger partial charge in [0.15, 0.2) is 5.78 Å². The van der Waals surface area contributed by atoms with E-state index in [1.54, 1.807) is 7.11 Å². The minimum Gasteiger partial charge on any atom is -0.496 e. The molecule has 1 aromatic rings. The van der Waals surface area contributed by atoms with Crippen molar-refractivity contribution in [3.05, 3.63) is 28.8 Å². The lowest BCUT2D eigenvalue weighted by Crippen LogP contribution is -2.50. The number of ketones is 1. The summed E-state index contributed by atoms with van der Waals surface area (Å²) in [6.07, 6.45) is 0.541. The summed E-state index contributed by atoms with van der Waals surface area (Å²) in [7, 11) is 5.85. The molecule has 1 atom stereocenters. The number of benzene rings is 1. The Morgan fingerprint density at radius 2 is 2.00 bits per heavy atom. The molecular weight excluding hydrogens is 264 g/mol. The summed E-state index contributed by atoms with van der Waals surface area (Å²) < 4.78 is 5.47. The lowest BCUT2D eigenvalue weighted by molar-refractivity contribution is 0.0807. The van der Waals surface area contributed by atoms with Crippen molar-refractivity contribution in [3.8, 4) is 5.75 Å². The third-order valence-electron chi connectivity index (χ3n) is 4.58. The first-order valence-electron chi connectivity index (χ1n) is 7.50. The van der Waals surface area contributed by atoms with Crippen LogP contribution in [-0.4, -0.2) is 62.5 Å². The van der Waals surface area contributed by atoms with Gasteiger partial charge in [-0.2, -0.15) is 0 Å². The molecule has 4 heteroatoms. The highest BCUT2D eigenvalue weighted by Crippen LogP contribution is 2.28. The van der Waals surface area contributed by atoms with Crippen molar-refractivity contribution in [2.75, 3.05) is 40.8 Å². The monoisotopic (exact) mass is 290 g/mol. The van der Waals surface area contributed by atoms with Gasteiger partial charge in [0.2, 0.25) is 0 Å². The Kier molecular flexibility index (Phi) is 5.01. The van der Waals surface area contributed by atoms with Crippen LogP contribution in [-0.2, 0) is 0 Å². The molecule has 1 aliphatic heterocycles. The van der Waals surface area contributed by atoms with Gasteiger partial charge in [0.1, 0.15) is 5.75 Å². The minimum absolute atomic E-state index is 0.169. The van der Waals surface area contributed by atoms with Gasteiger partial charge in [0, 0.05) is 32.1 Å². The van der Waals surface area contributed by atoms with Gasteiger partial charge in [-0.3, -0.25) is 4.79 Å². The molecule has 1 saturated heterocycles. The zero-order chi connectivity index (χ0) is 15.6. The van der Waals surface area contributed by atoms with E-state index >= 15 is 0 Å². The zero-order valence-electron chi connectivity index (χ0n) is 13.8. The Balaban J connectivity index is 2.19. The van der Waals surface area contributed by atoms with Gasteiger partial charge in [0.05, 0.1) is 12.7 Å². The number of methoxy groups -OCH3 is 1. The topological polar surface area (TPSA) is 32.8 Å². The summed E-state index contributed by atoms with van der Waals surface area (Å²) in [4.78, 5) is 17.3. The van der Waals surface area contributed by atoms with E-state index in [9.17, 15) is 4.79 Å². The molecule has 4 nitrogen and oxygen atoms in total. The maximum Gasteiger partial charge on any atom is 0.168 e. The molecule has 2 rings (SSSR count). The molecule has 0 aromatic heterocycles. The number of piperazine rings is 1. The average Bonchev–Trinajstić information content (AvgIpc) is 2.45. The fourth-order valence-electron chi connectivity index (χ4n) is 2.92. The van der Waals surface area contributed by atoms with Crippen molar-refractivity contribution in [2.45, 2.75) is 26.3 Å². The van der Waals surface area contributed by atoms with Crippen molar-refractivity contribution in [1.29, 1.82) is 0 Å². The number of hydrogen-bond donors (Lipinski definition) is 0. The van der Waals surface area contributed by atoms with E-state index in [4.69, 9.17) is 4.74 Å². The molecule has 1 fully saturated rings. The maximum atomic E-state index is 12.7. The van der Waals surface area contributed by atoms with Crippen molar-refractivity contribution in [1.82, 2.24) is 9.80 Å². The van der Waals surface area contributed by atoms with Gasteiger partial charge in [-0.05, 0) is 45.1 Å². The molecular formula is C17H26N2O2. The zero-order valence-corrected chi connectivity index (χ0v) is 13.8. The summed E-state index contributed by atoms with van der Waals surface area (Å²) >= 11 is 0. The number of nitrogens with zero attached hydrogens (tertiary/aromatic N) is 2. The van der Waals surface area contributed by atoms with E-state index in [1.807, 2.05) is 26.0 Å². The fourth-order valence-corrected chi connectivity index (χ4v) is 2.92. The molecule has 0 spiro atoms. The molecule has 0 N–H and O–H groups in total. The molecule has 21 heavy (non-hydrogen) atoms. The summed E-state index contributed by atoms with van der Waals surface area (Å²) in [5.41, 5.74) is 2.91. The van der Waals surface area contributed by atoms with Crippen molar-refractivity contribution in [3.63, 3.8) is 0 Å². The van der Waals surface area contributed by atoms with Crippen LogP contribution in [0.5, 0.6) is 5.75 Å². The SMILES string of the molecule is COc1c(C(=O)CC2CN(C)CCN2C)ccc(C)c1C. The van der Waals surface area contributed by atoms with Crippen LogP contribution in [0, 0.1) is 13.8 Å². The Morgan fingerprint density at radius 1 is 1.29 bits per heavy atom. The number of hydrogen-bond acceptors (Lipinski definition) is 4. The van der Waals surface area contributed by atoms with Gasteiger partial charge in [-0.25, -0.2) is 0 Å². The first kappa shape index (κ1) is 16.0. The largest absolute Gasteiger partial charge is 0.496 e. The second kappa shape index (κ2) is 6.58. The Bertz CT molecular complexity index is 528. The lowest BCUT2D eigenvalue weighted by Gasteiger charge is -2.37. The molecule has 0 bridgehead atoms. The molecule has 1 aliphatic rings. The standard InChI is InChI=1S/C17H26N2O2/c1-12-6-7-15(17(21-5)13(12)2)16(20)10-14-11-18(3)8-9-19(14)4/h6-7,14H,8-11H2,1-5H3. The quantitative estimate of drug-likeness (QED) is 0.795. The van der Waals surface area contributed by atoms with Crippen LogP contribution in [0.25, 0.3) is 0 Å². The first-order valence-corrected chi connectivity index (χ1v) is 7.50. The molecule has 1 heterocycles. The number of carbonyl (C=O) groups excluding carboxylic acids is 1. The summed E-state index contributed by atoms with van der Waals surface area (Å²) in [5, 5.41) is 0. The first-order chi connectivity index (χ1) is 9.93. The van der Waals surface area contributed by atoms with Crippen LogP contribution in [0.2, 0.25) is 0 Å². The highest BCUT2D eigenvalue weighted by atomic mass is 16.5. The molecule has 0 aliphatic carbocycles.